The topological polar surface area (TPSA) is 65.5 Å². The van der Waals surface area contributed by atoms with Crippen LogP contribution in [-0.2, 0) is 17.4 Å². The lowest BCUT2D eigenvalue weighted by Gasteiger charge is -2.36. The highest BCUT2D eigenvalue weighted by atomic mass is 19.4. The molecule has 2 saturated heterocycles. The molecule has 3 aliphatic heterocycles. The van der Waals surface area contributed by atoms with Gasteiger partial charge in [-0.15, -0.1) is 0 Å². The van der Waals surface area contributed by atoms with E-state index in [9.17, 15) is 22.8 Å². The molecule has 4 heterocycles. The highest BCUT2D eigenvalue weighted by Gasteiger charge is 2.40. The molecule has 2 amide bonds. The van der Waals surface area contributed by atoms with Gasteiger partial charge in [0.05, 0.1) is 16.8 Å². The van der Waals surface area contributed by atoms with Crippen molar-refractivity contribution in [2.75, 3.05) is 39.8 Å². The number of amides is 2. The summed E-state index contributed by atoms with van der Waals surface area (Å²) in [7, 11) is 2.05. The Bertz CT molecular complexity index is 826. The van der Waals surface area contributed by atoms with Gasteiger partial charge in [0, 0.05) is 43.6 Å². The summed E-state index contributed by atoms with van der Waals surface area (Å²) < 4.78 is 40.9. The van der Waals surface area contributed by atoms with Crippen LogP contribution in [0.25, 0.3) is 0 Å². The Labute approximate surface area is 173 Å². The number of piperidine rings is 2. The number of aromatic nitrogens is 1. The van der Waals surface area contributed by atoms with Crippen molar-refractivity contribution in [3.8, 4) is 0 Å². The quantitative estimate of drug-likeness (QED) is 0.792. The molecule has 1 N–H and O–H groups in total. The van der Waals surface area contributed by atoms with Crippen molar-refractivity contribution in [2.45, 2.75) is 44.2 Å². The second kappa shape index (κ2) is 8.17. The molecule has 164 valence electrons. The molecule has 0 unspecified atom stereocenters. The maximum absolute atomic E-state index is 13.6. The fraction of sp³-hybridized carbons (Fsp3) is 0.667. The van der Waals surface area contributed by atoms with Crippen molar-refractivity contribution in [1.29, 1.82) is 0 Å². The molecule has 0 radical (unpaired) electrons. The fourth-order valence-corrected chi connectivity index (χ4v) is 4.78. The fourth-order valence-electron chi connectivity index (χ4n) is 4.78. The second-order valence-corrected chi connectivity index (χ2v) is 8.60. The molecule has 0 bridgehead atoms. The van der Waals surface area contributed by atoms with Gasteiger partial charge in [0.2, 0.25) is 5.91 Å². The van der Waals surface area contributed by atoms with Crippen LogP contribution in [0.3, 0.4) is 0 Å². The molecule has 0 atom stereocenters. The lowest BCUT2D eigenvalue weighted by molar-refractivity contribution is -0.138. The highest BCUT2D eigenvalue weighted by Crippen LogP contribution is 2.37. The van der Waals surface area contributed by atoms with Crippen molar-refractivity contribution in [1.82, 2.24) is 20.1 Å². The van der Waals surface area contributed by atoms with Gasteiger partial charge >= 0.3 is 6.18 Å². The number of halogens is 3. The predicted molar refractivity (Wildman–Crippen MR) is 104 cm³/mol. The van der Waals surface area contributed by atoms with Crippen LogP contribution in [0.4, 0.5) is 13.2 Å². The van der Waals surface area contributed by atoms with Crippen LogP contribution >= 0.6 is 0 Å². The first kappa shape index (κ1) is 21.1. The van der Waals surface area contributed by atoms with Gasteiger partial charge in [-0.2, -0.15) is 13.2 Å². The number of nitrogens with zero attached hydrogens (tertiary/aromatic N) is 3. The molecule has 0 aromatic carbocycles. The van der Waals surface area contributed by atoms with Crippen LogP contribution in [0.2, 0.25) is 0 Å². The number of fused-ring (bicyclic) bond motifs is 1. The van der Waals surface area contributed by atoms with Gasteiger partial charge in [0.25, 0.3) is 5.91 Å². The number of nitrogens with one attached hydrogen (secondary N) is 1. The van der Waals surface area contributed by atoms with Crippen molar-refractivity contribution in [3.05, 3.63) is 28.6 Å². The monoisotopic (exact) mass is 424 g/mol. The molecular formula is C21H27F3N4O2. The first-order valence-corrected chi connectivity index (χ1v) is 10.6. The van der Waals surface area contributed by atoms with Gasteiger partial charge in [-0.3, -0.25) is 14.6 Å². The Hall–Kier alpha value is -2.16. The number of carbonyl (C=O) groups excluding carboxylic acids is 2. The van der Waals surface area contributed by atoms with Gasteiger partial charge in [0.15, 0.2) is 0 Å². The third-order valence-corrected chi connectivity index (χ3v) is 6.59. The van der Waals surface area contributed by atoms with Crippen LogP contribution in [-0.4, -0.2) is 66.4 Å². The Kier molecular flexibility index (Phi) is 5.74. The number of alkyl halides is 3. The summed E-state index contributed by atoms with van der Waals surface area (Å²) >= 11 is 0. The maximum Gasteiger partial charge on any atom is 0.417 e. The number of rotatable bonds is 2. The van der Waals surface area contributed by atoms with Gasteiger partial charge in [-0.05, 0) is 51.9 Å². The molecule has 4 rings (SSSR count). The maximum atomic E-state index is 13.6. The molecule has 9 heteroatoms. The number of carbonyl (C=O) groups is 2. The Morgan fingerprint density at radius 1 is 1.13 bits per heavy atom. The summed E-state index contributed by atoms with van der Waals surface area (Å²) in [6, 6.07) is 1.04. The highest BCUT2D eigenvalue weighted by molar-refractivity contribution is 5.98. The van der Waals surface area contributed by atoms with Crippen LogP contribution in [0.1, 0.15) is 58.9 Å². The molecule has 1 aromatic rings. The van der Waals surface area contributed by atoms with E-state index in [1.165, 1.54) is 0 Å². The van der Waals surface area contributed by atoms with Gasteiger partial charge in [-0.1, -0.05) is 0 Å². The summed E-state index contributed by atoms with van der Waals surface area (Å²) in [6.07, 6.45) is -1.41. The van der Waals surface area contributed by atoms with Crippen LogP contribution in [0.15, 0.2) is 6.07 Å². The lowest BCUT2D eigenvalue weighted by atomic mass is 9.88. The number of hydrogen-bond acceptors (Lipinski definition) is 4. The summed E-state index contributed by atoms with van der Waals surface area (Å²) in [4.78, 5) is 33.4. The van der Waals surface area contributed by atoms with Crippen molar-refractivity contribution < 1.29 is 22.8 Å². The van der Waals surface area contributed by atoms with Crippen molar-refractivity contribution >= 4 is 11.8 Å². The molecule has 0 aliphatic carbocycles. The van der Waals surface area contributed by atoms with Crippen LogP contribution in [0, 0.1) is 5.92 Å². The summed E-state index contributed by atoms with van der Waals surface area (Å²) in [6.45, 7) is 3.20. The smallest absolute Gasteiger partial charge is 0.352 e. The minimum absolute atomic E-state index is 0.0509. The first-order chi connectivity index (χ1) is 14.2. The molecule has 3 aliphatic rings. The average Bonchev–Trinajstić information content (AvgIpc) is 2.73. The van der Waals surface area contributed by atoms with E-state index in [0.717, 1.165) is 32.0 Å². The normalized spacial score (nSPS) is 22.0. The average molecular weight is 424 g/mol. The van der Waals surface area contributed by atoms with E-state index in [2.05, 4.69) is 22.2 Å². The summed E-state index contributed by atoms with van der Waals surface area (Å²) in [5.74, 6) is -0.619. The Morgan fingerprint density at radius 2 is 1.80 bits per heavy atom. The largest absolute Gasteiger partial charge is 0.417 e. The Morgan fingerprint density at radius 3 is 2.43 bits per heavy atom. The summed E-state index contributed by atoms with van der Waals surface area (Å²) in [5, 5.41) is 2.48. The van der Waals surface area contributed by atoms with E-state index in [0.29, 0.717) is 44.6 Å². The Balaban J connectivity index is 1.48. The van der Waals surface area contributed by atoms with Gasteiger partial charge in [-0.25, -0.2) is 0 Å². The number of likely N-dealkylation sites (tertiary alicyclic amines) is 2. The van der Waals surface area contributed by atoms with Gasteiger partial charge in [0.1, 0.15) is 0 Å². The van der Waals surface area contributed by atoms with E-state index in [1.807, 2.05) is 4.90 Å². The third-order valence-electron chi connectivity index (χ3n) is 6.59. The van der Waals surface area contributed by atoms with Crippen LogP contribution in [0.5, 0.6) is 0 Å². The number of hydrogen-bond donors (Lipinski definition) is 1. The van der Waals surface area contributed by atoms with Crippen LogP contribution < -0.4 is 5.32 Å². The van der Waals surface area contributed by atoms with E-state index in [4.69, 9.17) is 0 Å². The third kappa shape index (κ3) is 4.17. The molecule has 6 nitrogen and oxygen atoms in total. The zero-order valence-electron chi connectivity index (χ0n) is 17.1. The number of pyridine rings is 1. The van der Waals surface area contributed by atoms with Crippen molar-refractivity contribution in [3.63, 3.8) is 0 Å². The molecule has 2 fully saturated rings. The van der Waals surface area contributed by atoms with Crippen molar-refractivity contribution in [2.24, 2.45) is 5.92 Å². The molecule has 0 saturated carbocycles. The zero-order chi connectivity index (χ0) is 21.5. The zero-order valence-corrected chi connectivity index (χ0v) is 17.1. The van der Waals surface area contributed by atoms with Gasteiger partial charge < -0.3 is 15.1 Å². The van der Waals surface area contributed by atoms with E-state index < -0.39 is 17.6 Å². The predicted octanol–water partition coefficient (Wildman–Crippen LogP) is 2.43. The molecule has 0 spiro atoms. The first-order valence-electron chi connectivity index (χ1n) is 10.6. The lowest BCUT2D eigenvalue weighted by Crippen LogP contribution is -2.44. The minimum atomic E-state index is -4.61. The molecule has 1 aromatic heterocycles. The minimum Gasteiger partial charge on any atom is -0.352 e. The SMILES string of the molecule is CN1CCC(C(=O)N2CCC(c3cc(C(F)(F)F)c4c(n3)CCNC4=O)CC2)CC1. The van der Waals surface area contributed by atoms with E-state index in [-0.39, 0.29) is 29.0 Å². The molecular weight excluding hydrogens is 397 g/mol. The standard InChI is InChI=1S/C21H27F3N4O2/c1-27-8-3-14(4-9-27)20(30)28-10-5-13(6-11-28)17-12-15(21(22,23)24)18-16(26-17)2-7-25-19(18)29/h12-14H,2-11H2,1H3,(H,25,29). The second-order valence-electron chi connectivity index (χ2n) is 8.60. The van der Waals surface area contributed by atoms with E-state index >= 15 is 0 Å². The van der Waals surface area contributed by atoms with E-state index in [1.54, 1.807) is 0 Å². The molecule has 30 heavy (non-hydrogen) atoms. The summed E-state index contributed by atoms with van der Waals surface area (Å²) in [5.41, 5.74) is -0.618.